The standard InChI is InChI=1S/C8H16N2O.CH4O3S/c1-5-7(10(3)4)6(2)8(9)11;1-4-5(2)3/h7H,2,5H2,1,3-4H3,(H2,9,11);1H3,(H,2,3). The van der Waals surface area contributed by atoms with Crippen LogP contribution in [0.15, 0.2) is 12.2 Å². The van der Waals surface area contributed by atoms with E-state index in [-0.39, 0.29) is 6.04 Å². The molecule has 16 heavy (non-hydrogen) atoms. The molecule has 3 N–H and O–H groups in total. The average Bonchev–Trinajstić information content (AvgIpc) is 2.18. The fourth-order valence-electron chi connectivity index (χ4n) is 1.09. The number of carbonyl (C=O) groups is 1. The van der Waals surface area contributed by atoms with Crippen molar-refractivity contribution >= 4 is 17.3 Å². The van der Waals surface area contributed by atoms with Crippen LogP contribution in [0.5, 0.6) is 0 Å². The van der Waals surface area contributed by atoms with Crippen LogP contribution in [0.2, 0.25) is 0 Å². The van der Waals surface area contributed by atoms with Crippen LogP contribution in [0.25, 0.3) is 0 Å². The molecule has 0 saturated carbocycles. The number of amides is 1. The number of nitrogens with two attached hydrogens (primary N) is 1. The summed E-state index contributed by atoms with van der Waals surface area (Å²) in [4.78, 5) is 12.6. The van der Waals surface area contributed by atoms with Crippen LogP contribution in [0, 0.1) is 0 Å². The molecule has 0 aliphatic heterocycles. The highest BCUT2D eigenvalue weighted by molar-refractivity contribution is 7.74. The second-order valence-electron chi connectivity index (χ2n) is 3.16. The summed E-state index contributed by atoms with van der Waals surface area (Å²) in [5.74, 6) is -0.412. The maximum atomic E-state index is 10.7. The van der Waals surface area contributed by atoms with Crippen molar-refractivity contribution in [3.05, 3.63) is 12.2 Å². The zero-order chi connectivity index (χ0) is 13.3. The van der Waals surface area contributed by atoms with Crippen molar-refractivity contribution in [2.75, 3.05) is 21.2 Å². The Labute approximate surface area is 98.9 Å². The molecule has 2 atom stereocenters. The summed E-state index contributed by atoms with van der Waals surface area (Å²) in [6.07, 6.45) is 0.856. The number of rotatable bonds is 5. The molecule has 0 aliphatic rings. The van der Waals surface area contributed by atoms with Crippen LogP contribution >= 0.6 is 0 Å². The first-order valence-electron chi connectivity index (χ1n) is 4.58. The van der Waals surface area contributed by atoms with Gasteiger partial charge in [0.25, 0.3) is 0 Å². The largest absolute Gasteiger partial charge is 0.366 e. The van der Waals surface area contributed by atoms with Crippen molar-refractivity contribution < 1.29 is 17.7 Å². The van der Waals surface area contributed by atoms with Gasteiger partial charge in [-0.2, -0.15) is 4.21 Å². The quantitative estimate of drug-likeness (QED) is 0.536. The molecule has 0 heterocycles. The number of hydrogen-bond donors (Lipinski definition) is 2. The molecule has 0 fully saturated rings. The first-order chi connectivity index (χ1) is 7.27. The normalized spacial score (nSPS) is 13.6. The lowest BCUT2D eigenvalue weighted by atomic mass is 10.1. The third-order valence-electron chi connectivity index (χ3n) is 1.87. The Morgan fingerprint density at radius 2 is 2.00 bits per heavy atom. The summed E-state index contributed by atoms with van der Waals surface area (Å²) in [6, 6.07) is 0.0764. The Morgan fingerprint density at radius 1 is 1.62 bits per heavy atom. The molecule has 1 amide bonds. The maximum Gasteiger partial charge on any atom is 0.301 e. The molecule has 0 aromatic rings. The molecule has 0 aromatic heterocycles. The average molecular weight is 252 g/mol. The lowest BCUT2D eigenvalue weighted by Gasteiger charge is -2.22. The van der Waals surface area contributed by atoms with E-state index in [1.807, 2.05) is 25.9 Å². The number of likely N-dealkylation sites (N-methyl/N-ethyl adjacent to an activating group) is 1. The Balaban J connectivity index is 0. The smallest absolute Gasteiger partial charge is 0.301 e. The minimum absolute atomic E-state index is 0.0764. The predicted octanol–water partition coefficient (Wildman–Crippen LogP) is 0.138. The van der Waals surface area contributed by atoms with E-state index in [2.05, 4.69) is 10.8 Å². The van der Waals surface area contributed by atoms with Crippen LogP contribution in [0.1, 0.15) is 13.3 Å². The summed E-state index contributed by atoms with van der Waals surface area (Å²) in [5, 5.41) is 0. The van der Waals surface area contributed by atoms with E-state index in [9.17, 15) is 9.00 Å². The van der Waals surface area contributed by atoms with Crippen LogP contribution in [-0.2, 0) is 20.3 Å². The van der Waals surface area contributed by atoms with E-state index in [0.29, 0.717) is 5.57 Å². The van der Waals surface area contributed by atoms with Gasteiger partial charge in [-0.05, 0) is 20.5 Å². The molecule has 0 bridgehead atoms. The Kier molecular flexibility index (Phi) is 10.4. The van der Waals surface area contributed by atoms with Gasteiger partial charge in [-0.15, -0.1) is 0 Å². The van der Waals surface area contributed by atoms with Gasteiger partial charge in [0.05, 0.1) is 7.11 Å². The third kappa shape index (κ3) is 8.54. The molecule has 0 rings (SSSR count). The van der Waals surface area contributed by atoms with Gasteiger partial charge in [0.15, 0.2) is 0 Å². The molecule has 0 saturated heterocycles. The summed E-state index contributed by atoms with van der Waals surface area (Å²) < 4.78 is 20.6. The number of nitrogens with zero attached hydrogens (tertiary/aromatic N) is 1. The van der Waals surface area contributed by atoms with E-state index < -0.39 is 17.3 Å². The van der Waals surface area contributed by atoms with Crippen LogP contribution in [0.4, 0.5) is 0 Å². The Bertz CT molecular complexity index is 256. The molecule has 6 nitrogen and oxygen atoms in total. The first-order valence-corrected chi connectivity index (χ1v) is 5.61. The summed E-state index contributed by atoms with van der Waals surface area (Å²) >= 11 is -2.07. The zero-order valence-corrected chi connectivity index (χ0v) is 10.9. The molecule has 96 valence electrons. The van der Waals surface area contributed by atoms with Gasteiger partial charge in [-0.25, -0.2) is 0 Å². The maximum absolute atomic E-state index is 10.7. The molecule has 0 aliphatic carbocycles. The highest BCUT2D eigenvalue weighted by Gasteiger charge is 2.16. The predicted molar refractivity (Wildman–Crippen MR) is 63.9 cm³/mol. The van der Waals surface area contributed by atoms with Gasteiger partial charge >= 0.3 is 11.4 Å². The molecule has 0 radical (unpaired) electrons. The number of carbonyl (C=O) groups excluding carboxylic acids is 1. The molecule has 2 unspecified atom stereocenters. The van der Waals surface area contributed by atoms with Crippen LogP contribution < -0.4 is 5.73 Å². The molecular weight excluding hydrogens is 232 g/mol. The third-order valence-corrected chi connectivity index (χ3v) is 2.16. The summed E-state index contributed by atoms with van der Waals surface area (Å²) in [5.41, 5.74) is 5.57. The van der Waals surface area contributed by atoms with E-state index in [0.717, 1.165) is 13.5 Å². The fraction of sp³-hybridized carbons (Fsp3) is 0.667. The van der Waals surface area contributed by atoms with Gasteiger partial charge in [0.1, 0.15) is 0 Å². The number of primary amides is 1. The highest BCUT2D eigenvalue weighted by atomic mass is 32.2. The van der Waals surface area contributed by atoms with Crippen LogP contribution in [0.3, 0.4) is 0 Å². The Hall–Kier alpha value is -0.760. The van der Waals surface area contributed by atoms with Crippen molar-refractivity contribution in [3.8, 4) is 0 Å². The van der Waals surface area contributed by atoms with E-state index in [1.54, 1.807) is 0 Å². The monoisotopic (exact) mass is 252 g/mol. The second-order valence-corrected chi connectivity index (χ2v) is 3.93. The zero-order valence-electron chi connectivity index (χ0n) is 10.1. The number of hydrogen-bond acceptors (Lipinski definition) is 4. The Morgan fingerprint density at radius 3 is 2.06 bits per heavy atom. The van der Waals surface area contributed by atoms with Crippen molar-refractivity contribution in [3.63, 3.8) is 0 Å². The van der Waals surface area contributed by atoms with Crippen molar-refractivity contribution in [2.24, 2.45) is 5.73 Å². The van der Waals surface area contributed by atoms with Crippen LogP contribution in [-0.4, -0.2) is 46.8 Å². The van der Waals surface area contributed by atoms with Crippen molar-refractivity contribution in [1.82, 2.24) is 4.90 Å². The van der Waals surface area contributed by atoms with Crippen molar-refractivity contribution in [1.29, 1.82) is 0 Å². The molecule has 0 spiro atoms. The van der Waals surface area contributed by atoms with Gasteiger partial charge < -0.3 is 10.6 Å². The van der Waals surface area contributed by atoms with Gasteiger partial charge in [-0.3, -0.25) is 13.5 Å². The summed E-state index contributed by atoms with van der Waals surface area (Å²) in [6.45, 7) is 5.63. The van der Waals surface area contributed by atoms with Gasteiger partial charge in [-0.1, -0.05) is 13.5 Å². The van der Waals surface area contributed by atoms with Crippen molar-refractivity contribution in [2.45, 2.75) is 19.4 Å². The highest BCUT2D eigenvalue weighted by Crippen LogP contribution is 2.08. The van der Waals surface area contributed by atoms with Gasteiger partial charge in [0, 0.05) is 11.6 Å². The SMILES string of the molecule is C=C(C(N)=O)C(CC)N(C)C.COS(=O)O. The lowest BCUT2D eigenvalue weighted by Crippen LogP contribution is -2.34. The lowest BCUT2D eigenvalue weighted by molar-refractivity contribution is -0.115. The van der Waals surface area contributed by atoms with E-state index >= 15 is 0 Å². The first kappa shape index (κ1) is 17.6. The summed E-state index contributed by atoms with van der Waals surface area (Å²) in [7, 11) is 4.96. The molecule has 0 aromatic carbocycles. The molecule has 7 heteroatoms. The van der Waals surface area contributed by atoms with E-state index in [4.69, 9.17) is 10.3 Å². The van der Waals surface area contributed by atoms with Gasteiger partial charge in [0.2, 0.25) is 5.91 Å². The molecular formula is C9H20N2O4S. The topological polar surface area (TPSA) is 92.9 Å². The van der Waals surface area contributed by atoms with E-state index in [1.165, 1.54) is 0 Å². The fourth-order valence-corrected chi connectivity index (χ4v) is 1.09. The second kappa shape index (κ2) is 9.46. The minimum atomic E-state index is -2.07. The minimum Gasteiger partial charge on any atom is -0.366 e.